The number of nitrogens with zero attached hydrogens (tertiary/aromatic N) is 1. The van der Waals surface area contributed by atoms with Crippen LogP contribution in [0.2, 0.25) is 0 Å². The van der Waals surface area contributed by atoms with E-state index < -0.39 is 8.38 Å². The van der Waals surface area contributed by atoms with E-state index in [0.29, 0.717) is 0 Å². The lowest BCUT2D eigenvalue weighted by Crippen LogP contribution is -1.80. The molecule has 0 aromatic rings. The van der Waals surface area contributed by atoms with E-state index in [0.717, 1.165) is 0 Å². The first-order valence-electron chi connectivity index (χ1n) is 1.70. The van der Waals surface area contributed by atoms with E-state index in [9.17, 15) is 0 Å². The zero-order valence-electron chi connectivity index (χ0n) is 3.96. The van der Waals surface area contributed by atoms with Crippen LogP contribution >= 0.6 is 8.38 Å². The van der Waals surface area contributed by atoms with Crippen molar-refractivity contribution < 1.29 is 9.42 Å². The van der Waals surface area contributed by atoms with Gasteiger partial charge < -0.3 is 9.42 Å². The van der Waals surface area contributed by atoms with Crippen molar-refractivity contribution in [1.29, 1.82) is 5.26 Å². The van der Waals surface area contributed by atoms with Crippen molar-refractivity contribution in [3.8, 4) is 6.07 Å². The third-order valence-corrected chi connectivity index (χ3v) is 0.819. The minimum atomic E-state index is -1.33. The summed E-state index contributed by atoms with van der Waals surface area (Å²) < 4.78 is 4.45. The van der Waals surface area contributed by atoms with Crippen molar-refractivity contribution in [2.45, 2.75) is 0 Å². The molecule has 0 aliphatic rings. The summed E-state index contributed by atoms with van der Waals surface area (Å²) in [4.78, 5) is 8.37. The number of hydrogen-bond acceptors (Lipinski definition) is 3. The van der Waals surface area contributed by atoms with Gasteiger partial charge in [-0.05, 0) is 0 Å². The summed E-state index contributed by atoms with van der Waals surface area (Å²) in [6.45, 7) is 1.51. The Bertz CT molecular complexity index is 77.5. The molecule has 1 unspecified atom stereocenters. The predicted molar refractivity (Wildman–Crippen MR) is 26.6 cm³/mol. The fourth-order valence-electron chi connectivity index (χ4n) is 0.122. The zero-order chi connectivity index (χ0) is 5.70. The maximum absolute atomic E-state index is 8.37. The highest BCUT2D eigenvalue weighted by Crippen LogP contribution is 2.23. The van der Waals surface area contributed by atoms with Crippen LogP contribution in [-0.4, -0.2) is 18.2 Å². The van der Waals surface area contributed by atoms with Crippen molar-refractivity contribution >= 4 is 8.38 Å². The molecule has 0 aliphatic carbocycles. The smallest absolute Gasteiger partial charge is 0.165 e. The van der Waals surface area contributed by atoms with Crippen LogP contribution in [0.25, 0.3) is 0 Å². The minimum Gasteiger partial charge on any atom is -0.350 e. The Morgan fingerprint density at radius 3 is 2.71 bits per heavy atom. The highest BCUT2D eigenvalue weighted by Gasteiger charge is 1.89. The van der Waals surface area contributed by atoms with Crippen LogP contribution in [0, 0.1) is 11.3 Å². The van der Waals surface area contributed by atoms with E-state index in [1.807, 2.05) is 0 Å². The molecule has 0 radical (unpaired) electrons. The lowest BCUT2D eigenvalue weighted by molar-refractivity contribution is 0.358. The molecule has 40 valence electrons. The summed E-state index contributed by atoms with van der Waals surface area (Å²) in [6.07, 6.45) is 0. The Labute approximate surface area is 43.4 Å². The topological polar surface area (TPSA) is 53.2 Å². The Balaban J connectivity index is 2.86. The van der Waals surface area contributed by atoms with Gasteiger partial charge in [0.05, 0.1) is 6.07 Å². The van der Waals surface area contributed by atoms with Crippen LogP contribution < -0.4 is 0 Å². The zero-order valence-corrected chi connectivity index (χ0v) is 4.85. The first-order chi connectivity index (χ1) is 3.27. The van der Waals surface area contributed by atoms with E-state index in [2.05, 4.69) is 4.52 Å². The van der Waals surface area contributed by atoms with Crippen LogP contribution in [-0.2, 0) is 4.52 Å². The predicted octanol–water partition coefficient (Wildman–Crippen LogP) is 0.461. The van der Waals surface area contributed by atoms with E-state index >= 15 is 0 Å². The maximum Gasteiger partial charge on any atom is 0.165 e. The quantitative estimate of drug-likeness (QED) is 0.537. The summed E-state index contributed by atoms with van der Waals surface area (Å²) in [5, 5.41) is 7.84. The molecule has 0 spiro atoms. The van der Waals surface area contributed by atoms with Crippen molar-refractivity contribution in [1.82, 2.24) is 0 Å². The molecule has 3 nitrogen and oxygen atoms in total. The average molecular weight is 119 g/mol. The Morgan fingerprint density at radius 1 is 2.00 bits per heavy atom. The molecule has 0 heterocycles. The molecule has 0 aromatic carbocycles. The van der Waals surface area contributed by atoms with Crippen molar-refractivity contribution in [3.05, 3.63) is 0 Å². The normalized spacial score (nSPS) is 12.7. The van der Waals surface area contributed by atoms with Crippen molar-refractivity contribution in [2.24, 2.45) is 0 Å². The number of nitriles is 1. The molecule has 0 saturated carbocycles. The largest absolute Gasteiger partial charge is 0.350 e. The molecule has 0 bridgehead atoms. The SMILES string of the molecule is CP(O)OCC#N. The second-order valence-corrected chi connectivity index (χ2v) is 2.08. The third kappa shape index (κ3) is 5.84. The van der Waals surface area contributed by atoms with Crippen LogP contribution in [0.3, 0.4) is 0 Å². The fourth-order valence-corrected chi connectivity index (χ4v) is 0.367. The van der Waals surface area contributed by atoms with Gasteiger partial charge in [0.15, 0.2) is 8.38 Å². The number of hydrogen-bond donors (Lipinski definition) is 1. The fraction of sp³-hybridized carbons (Fsp3) is 0.667. The highest BCUT2D eigenvalue weighted by molar-refractivity contribution is 7.45. The minimum absolute atomic E-state index is 0.0152. The monoisotopic (exact) mass is 119 g/mol. The molecular weight excluding hydrogens is 113 g/mol. The van der Waals surface area contributed by atoms with Gasteiger partial charge >= 0.3 is 0 Å². The molecule has 7 heavy (non-hydrogen) atoms. The van der Waals surface area contributed by atoms with Gasteiger partial charge in [0, 0.05) is 6.66 Å². The Kier molecular flexibility index (Phi) is 3.92. The van der Waals surface area contributed by atoms with Gasteiger partial charge in [-0.25, -0.2) is 0 Å². The average Bonchev–Trinajstić information content (AvgIpc) is 1.61. The van der Waals surface area contributed by atoms with E-state index in [-0.39, 0.29) is 6.61 Å². The van der Waals surface area contributed by atoms with Gasteiger partial charge in [-0.3, -0.25) is 0 Å². The standard InChI is InChI=1S/C3H6NO2P/c1-7(5)6-3-2-4/h5H,3H2,1H3. The van der Waals surface area contributed by atoms with Crippen LogP contribution in [0.4, 0.5) is 0 Å². The molecule has 1 atom stereocenters. The van der Waals surface area contributed by atoms with Gasteiger partial charge in [0.25, 0.3) is 0 Å². The van der Waals surface area contributed by atoms with Gasteiger partial charge in [-0.15, -0.1) is 0 Å². The Morgan fingerprint density at radius 2 is 2.57 bits per heavy atom. The third-order valence-electron chi connectivity index (χ3n) is 0.316. The summed E-state index contributed by atoms with van der Waals surface area (Å²) in [7, 11) is -1.33. The van der Waals surface area contributed by atoms with Crippen molar-refractivity contribution in [3.63, 3.8) is 0 Å². The molecule has 0 amide bonds. The maximum atomic E-state index is 8.37. The molecule has 0 fully saturated rings. The van der Waals surface area contributed by atoms with Crippen LogP contribution in [0.1, 0.15) is 0 Å². The molecule has 0 aromatic heterocycles. The summed E-state index contributed by atoms with van der Waals surface area (Å²) in [6, 6.07) is 1.73. The molecular formula is C3H6NO2P. The molecule has 0 saturated heterocycles. The molecule has 4 heteroatoms. The molecule has 0 rings (SSSR count). The van der Waals surface area contributed by atoms with Gasteiger partial charge in [0.1, 0.15) is 6.61 Å². The highest BCUT2D eigenvalue weighted by atomic mass is 31.2. The number of rotatable bonds is 2. The molecule has 0 aliphatic heterocycles. The van der Waals surface area contributed by atoms with Crippen LogP contribution in [0.15, 0.2) is 0 Å². The molecule has 1 N–H and O–H groups in total. The summed E-state index contributed by atoms with van der Waals surface area (Å²) in [5.41, 5.74) is 0. The lowest BCUT2D eigenvalue weighted by Gasteiger charge is -1.96. The van der Waals surface area contributed by atoms with Crippen LogP contribution in [0.5, 0.6) is 0 Å². The van der Waals surface area contributed by atoms with E-state index in [1.165, 1.54) is 6.66 Å². The summed E-state index contributed by atoms with van der Waals surface area (Å²) >= 11 is 0. The van der Waals surface area contributed by atoms with Crippen molar-refractivity contribution in [2.75, 3.05) is 13.3 Å². The second kappa shape index (κ2) is 4.01. The second-order valence-electron chi connectivity index (χ2n) is 0.896. The lowest BCUT2D eigenvalue weighted by atomic mass is 10.9. The van der Waals surface area contributed by atoms with Gasteiger partial charge in [0.2, 0.25) is 0 Å². The van der Waals surface area contributed by atoms with E-state index in [1.54, 1.807) is 6.07 Å². The van der Waals surface area contributed by atoms with Gasteiger partial charge in [-0.1, -0.05) is 0 Å². The summed E-state index contributed by atoms with van der Waals surface area (Å²) in [5.74, 6) is 0. The van der Waals surface area contributed by atoms with Gasteiger partial charge in [-0.2, -0.15) is 5.26 Å². The van der Waals surface area contributed by atoms with E-state index in [4.69, 9.17) is 10.2 Å². The first kappa shape index (κ1) is 6.84. The Hall–Kier alpha value is -0.160. The first-order valence-corrected chi connectivity index (χ1v) is 3.36.